The van der Waals surface area contributed by atoms with Gasteiger partial charge in [0.1, 0.15) is 17.1 Å². The van der Waals surface area contributed by atoms with Crippen molar-refractivity contribution in [3.05, 3.63) is 53.3 Å². The molecule has 3 fully saturated rings. The highest BCUT2D eigenvalue weighted by Gasteiger charge is 2.36. The van der Waals surface area contributed by atoms with Crippen molar-refractivity contribution in [1.29, 1.82) is 0 Å². The number of phenolic OH excluding ortho intramolecular Hbond substituents is 1. The van der Waals surface area contributed by atoms with Crippen LogP contribution in [0.2, 0.25) is 5.02 Å². The molecule has 7 nitrogen and oxygen atoms in total. The predicted octanol–water partition coefficient (Wildman–Crippen LogP) is 5.47. The zero-order valence-corrected chi connectivity index (χ0v) is 23.3. The molecular weight excluding hydrogens is 529 g/mol. The number of anilines is 1. The molecule has 3 atom stereocenters. The van der Waals surface area contributed by atoms with Gasteiger partial charge in [-0.05, 0) is 79.9 Å². The van der Waals surface area contributed by atoms with Crippen LogP contribution < -0.4 is 15.0 Å². The molecule has 0 aliphatic carbocycles. The predicted molar refractivity (Wildman–Crippen MR) is 157 cm³/mol. The maximum Gasteiger partial charge on any atom is 0.319 e. The molecule has 3 aliphatic rings. The standard InChI is InChI=1S/C31H33ClFN5O2/c1-37-9-7-19(15-37)17-40-31-35-29-25(30(36-31)38-16-18-6-8-34-14-21(38)10-18)13-26(32)27(28(29)33)24-12-22(39)11-20-4-2-3-5-23(20)24/h2-5,11-13,18-19,21,34,39H,6-10,14-17H2,1H3/t18?,19-,21?/m1/s1. The number of aromatic nitrogens is 2. The van der Waals surface area contributed by atoms with Gasteiger partial charge in [0.15, 0.2) is 5.82 Å². The van der Waals surface area contributed by atoms with Crippen LogP contribution in [-0.4, -0.2) is 72.4 Å². The lowest BCUT2D eigenvalue weighted by Gasteiger charge is -2.28. The Morgan fingerprint density at radius 3 is 2.85 bits per heavy atom. The van der Waals surface area contributed by atoms with E-state index in [0.29, 0.717) is 35.2 Å². The van der Waals surface area contributed by atoms with Gasteiger partial charge in [-0.2, -0.15) is 9.97 Å². The van der Waals surface area contributed by atoms with Gasteiger partial charge in [0.05, 0.1) is 11.6 Å². The second-order valence-electron chi connectivity index (χ2n) is 11.6. The van der Waals surface area contributed by atoms with E-state index in [1.807, 2.05) is 24.3 Å². The van der Waals surface area contributed by atoms with Crippen LogP contribution in [0.5, 0.6) is 11.8 Å². The number of halogens is 2. The van der Waals surface area contributed by atoms with Crippen molar-refractivity contribution >= 4 is 39.1 Å². The number of aromatic hydroxyl groups is 1. The van der Waals surface area contributed by atoms with E-state index in [1.165, 1.54) is 0 Å². The fraction of sp³-hybridized carbons (Fsp3) is 0.419. The molecule has 4 aromatic rings. The Morgan fingerprint density at radius 2 is 2.00 bits per heavy atom. The molecule has 1 aromatic heterocycles. The van der Waals surface area contributed by atoms with Crippen LogP contribution in [0.1, 0.15) is 19.3 Å². The van der Waals surface area contributed by atoms with E-state index in [0.717, 1.165) is 62.8 Å². The molecule has 0 saturated carbocycles. The van der Waals surface area contributed by atoms with Gasteiger partial charge in [-0.1, -0.05) is 35.9 Å². The van der Waals surface area contributed by atoms with Crippen LogP contribution in [0, 0.1) is 17.7 Å². The number of rotatable bonds is 5. The first-order valence-corrected chi connectivity index (χ1v) is 14.5. The Balaban J connectivity index is 1.39. The van der Waals surface area contributed by atoms with Crippen molar-refractivity contribution in [1.82, 2.24) is 20.2 Å². The van der Waals surface area contributed by atoms with Gasteiger partial charge >= 0.3 is 6.01 Å². The van der Waals surface area contributed by atoms with Crippen molar-refractivity contribution in [2.24, 2.45) is 11.8 Å². The molecule has 0 spiro atoms. The fourth-order valence-corrected chi connectivity index (χ4v) is 7.09. The van der Waals surface area contributed by atoms with E-state index in [1.54, 1.807) is 18.2 Å². The van der Waals surface area contributed by atoms with Gasteiger partial charge in [-0.15, -0.1) is 0 Å². The van der Waals surface area contributed by atoms with Crippen molar-refractivity contribution in [2.75, 3.05) is 51.3 Å². The van der Waals surface area contributed by atoms with Crippen LogP contribution in [0.15, 0.2) is 42.5 Å². The smallest absolute Gasteiger partial charge is 0.319 e. The summed E-state index contributed by atoms with van der Waals surface area (Å²) in [6.45, 7) is 5.23. The molecule has 40 heavy (non-hydrogen) atoms. The average molecular weight is 562 g/mol. The molecule has 0 radical (unpaired) electrons. The van der Waals surface area contributed by atoms with E-state index >= 15 is 4.39 Å². The SMILES string of the molecule is CN1CC[C@@H](COc2nc(N3CC4CCNCC3C4)c3cc(Cl)c(-c4cc(O)cc5ccccc45)c(F)c3n2)C1. The van der Waals surface area contributed by atoms with Crippen molar-refractivity contribution in [3.8, 4) is 22.9 Å². The summed E-state index contributed by atoms with van der Waals surface area (Å²) in [5, 5.41) is 16.4. The maximum absolute atomic E-state index is 16.7. The second-order valence-corrected chi connectivity index (χ2v) is 12.0. The number of likely N-dealkylation sites (tertiary alicyclic amines) is 1. The van der Waals surface area contributed by atoms with E-state index < -0.39 is 5.82 Å². The minimum atomic E-state index is -0.537. The lowest BCUT2D eigenvalue weighted by atomic mass is 9.96. The number of ether oxygens (including phenoxy) is 1. The van der Waals surface area contributed by atoms with E-state index in [-0.39, 0.29) is 33.9 Å². The molecule has 4 heterocycles. The third kappa shape index (κ3) is 4.62. The molecule has 7 rings (SSSR count). The summed E-state index contributed by atoms with van der Waals surface area (Å²) in [6.07, 6.45) is 3.24. The molecule has 9 heteroatoms. The number of phenols is 1. The molecule has 2 unspecified atom stereocenters. The molecule has 2 bridgehead atoms. The van der Waals surface area contributed by atoms with Gasteiger partial charge in [-0.25, -0.2) is 4.39 Å². The van der Waals surface area contributed by atoms with Crippen LogP contribution in [0.4, 0.5) is 10.2 Å². The van der Waals surface area contributed by atoms with E-state index in [4.69, 9.17) is 21.3 Å². The first-order valence-electron chi connectivity index (χ1n) is 14.1. The molecule has 3 saturated heterocycles. The highest BCUT2D eigenvalue weighted by Crippen LogP contribution is 2.43. The third-order valence-electron chi connectivity index (χ3n) is 8.78. The third-order valence-corrected chi connectivity index (χ3v) is 9.08. The Hall–Kier alpha value is -3.20. The zero-order chi connectivity index (χ0) is 27.4. The molecule has 3 aromatic carbocycles. The number of hydrogen-bond donors (Lipinski definition) is 2. The first-order chi connectivity index (χ1) is 19.4. The normalized spacial score (nSPS) is 23.3. The Bertz CT molecular complexity index is 1600. The Kier molecular flexibility index (Phi) is 6.65. The minimum absolute atomic E-state index is 0.0473. The lowest BCUT2D eigenvalue weighted by molar-refractivity contribution is 0.233. The Morgan fingerprint density at radius 1 is 1.12 bits per heavy atom. The average Bonchev–Trinajstić information content (AvgIpc) is 3.46. The van der Waals surface area contributed by atoms with E-state index in [9.17, 15) is 5.11 Å². The van der Waals surface area contributed by atoms with Gasteiger partial charge in [0.2, 0.25) is 0 Å². The maximum atomic E-state index is 16.7. The van der Waals surface area contributed by atoms with Gasteiger partial charge in [0.25, 0.3) is 0 Å². The zero-order valence-electron chi connectivity index (χ0n) is 22.5. The highest BCUT2D eigenvalue weighted by atomic mass is 35.5. The van der Waals surface area contributed by atoms with E-state index in [2.05, 4.69) is 27.1 Å². The molecule has 0 amide bonds. The summed E-state index contributed by atoms with van der Waals surface area (Å²) in [5.74, 6) is 1.13. The van der Waals surface area contributed by atoms with Crippen molar-refractivity contribution < 1.29 is 14.2 Å². The van der Waals surface area contributed by atoms with Crippen LogP contribution in [-0.2, 0) is 0 Å². The number of nitrogens with zero attached hydrogens (tertiary/aromatic N) is 4. The number of fused-ring (bicyclic) bond motifs is 4. The summed E-state index contributed by atoms with van der Waals surface area (Å²) >= 11 is 6.87. The number of benzene rings is 3. The van der Waals surface area contributed by atoms with Crippen LogP contribution in [0.3, 0.4) is 0 Å². The molecular formula is C31H33ClFN5O2. The number of hydrogen-bond acceptors (Lipinski definition) is 7. The molecule has 2 N–H and O–H groups in total. The summed E-state index contributed by atoms with van der Waals surface area (Å²) in [5.41, 5.74) is 0.921. The monoisotopic (exact) mass is 561 g/mol. The second kappa shape index (κ2) is 10.3. The summed E-state index contributed by atoms with van der Waals surface area (Å²) < 4.78 is 22.9. The van der Waals surface area contributed by atoms with Crippen molar-refractivity contribution in [2.45, 2.75) is 25.3 Å². The topological polar surface area (TPSA) is 73.8 Å². The number of nitrogens with one attached hydrogen (secondary N) is 1. The summed E-state index contributed by atoms with van der Waals surface area (Å²) in [6, 6.07) is 13.0. The molecule has 3 aliphatic heterocycles. The van der Waals surface area contributed by atoms with Crippen LogP contribution >= 0.6 is 11.6 Å². The highest BCUT2D eigenvalue weighted by molar-refractivity contribution is 6.35. The van der Waals surface area contributed by atoms with Gasteiger partial charge < -0.3 is 25.0 Å². The quantitative estimate of drug-likeness (QED) is 0.335. The van der Waals surface area contributed by atoms with Crippen LogP contribution in [0.25, 0.3) is 32.8 Å². The van der Waals surface area contributed by atoms with Gasteiger partial charge in [-0.3, -0.25) is 0 Å². The molecule has 208 valence electrons. The first kappa shape index (κ1) is 25.7. The summed E-state index contributed by atoms with van der Waals surface area (Å²) in [7, 11) is 2.11. The van der Waals surface area contributed by atoms with Gasteiger partial charge in [0, 0.05) is 42.5 Å². The summed E-state index contributed by atoms with van der Waals surface area (Å²) in [4.78, 5) is 14.1. The lowest BCUT2D eigenvalue weighted by Crippen LogP contribution is -2.39. The van der Waals surface area contributed by atoms with Crippen molar-refractivity contribution in [3.63, 3.8) is 0 Å². The fourth-order valence-electron chi connectivity index (χ4n) is 6.80. The largest absolute Gasteiger partial charge is 0.508 e. The minimum Gasteiger partial charge on any atom is -0.508 e. The Labute approximate surface area is 237 Å².